The summed E-state index contributed by atoms with van der Waals surface area (Å²) >= 11 is 1.60. The van der Waals surface area contributed by atoms with Crippen LogP contribution < -0.4 is 0 Å². The van der Waals surface area contributed by atoms with Gasteiger partial charge in [-0.1, -0.05) is 35.9 Å². The van der Waals surface area contributed by atoms with E-state index in [0.717, 1.165) is 21.6 Å². The number of aryl methyl sites for hydroxylation is 3. The zero-order valence-corrected chi connectivity index (χ0v) is 12.4. The minimum atomic E-state index is 0.212. The molecule has 0 bridgehead atoms. The first-order chi connectivity index (χ1) is 9.08. The molecule has 0 heterocycles. The van der Waals surface area contributed by atoms with Crippen LogP contribution in [0.15, 0.2) is 47.4 Å². The van der Waals surface area contributed by atoms with Crippen molar-refractivity contribution in [2.24, 2.45) is 0 Å². The summed E-state index contributed by atoms with van der Waals surface area (Å²) in [4.78, 5) is 13.5. The number of thioether (sulfide) groups is 1. The van der Waals surface area contributed by atoms with Crippen LogP contribution in [0.3, 0.4) is 0 Å². The Labute approximate surface area is 119 Å². The number of carbonyl (C=O) groups is 1. The standard InChI is InChI=1S/C17H18OS/c1-12-9-13(2)17(14(3)10-12)16(18)11-19-15-7-5-4-6-8-15/h4-10H,11H2,1-3H3. The highest BCUT2D eigenvalue weighted by Crippen LogP contribution is 2.22. The third-order valence-electron chi connectivity index (χ3n) is 3.07. The number of rotatable bonds is 4. The summed E-state index contributed by atoms with van der Waals surface area (Å²) in [7, 11) is 0. The number of hydrogen-bond acceptors (Lipinski definition) is 2. The molecule has 2 rings (SSSR count). The Morgan fingerprint density at radius 2 is 1.58 bits per heavy atom. The van der Waals surface area contributed by atoms with E-state index in [1.807, 2.05) is 44.2 Å². The van der Waals surface area contributed by atoms with Gasteiger partial charge in [0.25, 0.3) is 0 Å². The van der Waals surface area contributed by atoms with E-state index in [2.05, 4.69) is 19.1 Å². The lowest BCUT2D eigenvalue weighted by Crippen LogP contribution is -2.07. The van der Waals surface area contributed by atoms with Gasteiger partial charge >= 0.3 is 0 Å². The first-order valence-corrected chi connectivity index (χ1v) is 7.35. The molecule has 2 aromatic rings. The van der Waals surface area contributed by atoms with Gasteiger partial charge in [-0.2, -0.15) is 0 Å². The number of hydrogen-bond donors (Lipinski definition) is 0. The van der Waals surface area contributed by atoms with Gasteiger partial charge in [-0.25, -0.2) is 0 Å². The maximum Gasteiger partial charge on any atom is 0.173 e. The Hall–Kier alpha value is -1.54. The fourth-order valence-corrected chi connectivity index (χ4v) is 3.15. The van der Waals surface area contributed by atoms with E-state index < -0.39 is 0 Å². The van der Waals surface area contributed by atoms with E-state index in [1.165, 1.54) is 5.56 Å². The van der Waals surface area contributed by atoms with Gasteiger partial charge in [0, 0.05) is 10.5 Å². The topological polar surface area (TPSA) is 17.1 Å². The minimum absolute atomic E-state index is 0.212. The highest BCUT2D eigenvalue weighted by Gasteiger charge is 2.13. The normalized spacial score (nSPS) is 10.5. The molecule has 0 saturated heterocycles. The van der Waals surface area contributed by atoms with Gasteiger partial charge in [0.15, 0.2) is 5.78 Å². The van der Waals surface area contributed by atoms with Gasteiger partial charge in [0.1, 0.15) is 0 Å². The molecule has 1 nitrogen and oxygen atoms in total. The molecule has 0 amide bonds. The molecule has 0 spiro atoms. The summed E-state index contributed by atoms with van der Waals surface area (Å²) in [6.45, 7) is 6.09. The fraction of sp³-hybridized carbons (Fsp3) is 0.235. The number of benzene rings is 2. The quantitative estimate of drug-likeness (QED) is 0.597. The third kappa shape index (κ3) is 3.48. The van der Waals surface area contributed by atoms with Gasteiger partial charge in [-0.15, -0.1) is 11.8 Å². The van der Waals surface area contributed by atoms with Crippen LogP contribution in [0.2, 0.25) is 0 Å². The molecule has 0 N–H and O–H groups in total. The summed E-state index contributed by atoms with van der Waals surface area (Å²) < 4.78 is 0. The fourth-order valence-electron chi connectivity index (χ4n) is 2.36. The van der Waals surface area contributed by atoms with Crippen LogP contribution in [0, 0.1) is 20.8 Å². The summed E-state index contributed by atoms with van der Waals surface area (Å²) in [6, 6.07) is 14.2. The SMILES string of the molecule is Cc1cc(C)c(C(=O)CSc2ccccc2)c(C)c1. The van der Waals surface area contributed by atoms with Crippen LogP contribution in [0.1, 0.15) is 27.0 Å². The van der Waals surface area contributed by atoms with E-state index in [4.69, 9.17) is 0 Å². The molecule has 19 heavy (non-hydrogen) atoms. The third-order valence-corrected chi connectivity index (χ3v) is 4.08. The summed E-state index contributed by atoms with van der Waals surface area (Å²) in [5, 5.41) is 0. The van der Waals surface area contributed by atoms with Crippen LogP contribution in [-0.4, -0.2) is 11.5 Å². The second-order valence-corrected chi connectivity index (χ2v) is 5.85. The Balaban J connectivity index is 2.13. The average Bonchev–Trinajstić information content (AvgIpc) is 2.36. The number of Topliss-reactive ketones (excluding diaryl/α,β-unsaturated/α-hetero) is 1. The molecule has 0 aromatic heterocycles. The van der Waals surface area contributed by atoms with Crippen molar-refractivity contribution in [3.8, 4) is 0 Å². The Kier molecular flexibility index (Phi) is 4.43. The Morgan fingerprint density at radius 3 is 2.16 bits per heavy atom. The van der Waals surface area contributed by atoms with Crippen molar-refractivity contribution in [3.05, 3.63) is 64.7 Å². The summed E-state index contributed by atoms with van der Waals surface area (Å²) in [5.74, 6) is 0.707. The molecular formula is C17H18OS. The molecule has 0 radical (unpaired) electrons. The second kappa shape index (κ2) is 6.07. The summed E-state index contributed by atoms with van der Waals surface area (Å²) in [5.41, 5.74) is 4.25. The molecule has 0 aliphatic heterocycles. The van der Waals surface area contributed by atoms with Crippen molar-refractivity contribution in [1.29, 1.82) is 0 Å². The van der Waals surface area contributed by atoms with Crippen LogP contribution in [0.4, 0.5) is 0 Å². The molecule has 0 atom stereocenters. The highest BCUT2D eigenvalue weighted by molar-refractivity contribution is 8.00. The zero-order valence-electron chi connectivity index (χ0n) is 11.6. The van der Waals surface area contributed by atoms with E-state index in [9.17, 15) is 4.79 Å². The van der Waals surface area contributed by atoms with Crippen molar-refractivity contribution in [3.63, 3.8) is 0 Å². The molecule has 0 fully saturated rings. The van der Waals surface area contributed by atoms with E-state index in [-0.39, 0.29) is 5.78 Å². The average molecular weight is 270 g/mol. The second-order valence-electron chi connectivity index (χ2n) is 4.80. The lowest BCUT2D eigenvalue weighted by atomic mass is 9.97. The largest absolute Gasteiger partial charge is 0.293 e. The number of ketones is 1. The first-order valence-electron chi connectivity index (χ1n) is 6.37. The van der Waals surface area contributed by atoms with E-state index in [1.54, 1.807) is 11.8 Å². The Bertz CT molecular complexity index is 564. The van der Waals surface area contributed by atoms with Gasteiger partial charge in [0.05, 0.1) is 5.75 Å². The lowest BCUT2D eigenvalue weighted by molar-refractivity contribution is 0.102. The molecule has 2 aromatic carbocycles. The molecular weight excluding hydrogens is 252 g/mol. The van der Waals surface area contributed by atoms with Gasteiger partial charge in [-0.05, 0) is 44.0 Å². The van der Waals surface area contributed by atoms with Gasteiger partial charge in [-0.3, -0.25) is 4.79 Å². The zero-order chi connectivity index (χ0) is 13.8. The lowest BCUT2D eigenvalue weighted by Gasteiger charge is -2.10. The van der Waals surface area contributed by atoms with E-state index in [0.29, 0.717) is 5.75 Å². The first kappa shape index (κ1) is 13.9. The van der Waals surface area contributed by atoms with Gasteiger partial charge in [0.2, 0.25) is 0 Å². The smallest absolute Gasteiger partial charge is 0.173 e. The van der Waals surface area contributed by atoms with Gasteiger partial charge < -0.3 is 0 Å². The molecule has 0 aliphatic rings. The molecule has 98 valence electrons. The highest BCUT2D eigenvalue weighted by atomic mass is 32.2. The van der Waals surface area contributed by atoms with Crippen LogP contribution in [0.25, 0.3) is 0 Å². The predicted molar refractivity (Wildman–Crippen MR) is 82.1 cm³/mol. The van der Waals surface area contributed by atoms with Crippen LogP contribution in [0.5, 0.6) is 0 Å². The van der Waals surface area contributed by atoms with Crippen molar-refractivity contribution in [2.45, 2.75) is 25.7 Å². The van der Waals surface area contributed by atoms with Crippen molar-refractivity contribution >= 4 is 17.5 Å². The van der Waals surface area contributed by atoms with Crippen molar-refractivity contribution < 1.29 is 4.79 Å². The summed E-state index contributed by atoms with van der Waals surface area (Å²) in [6.07, 6.45) is 0. The molecule has 0 saturated carbocycles. The van der Waals surface area contributed by atoms with Crippen molar-refractivity contribution in [1.82, 2.24) is 0 Å². The maximum absolute atomic E-state index is 12.4. The Morgan fingerprint density at radius 1 is 1.00 bits per heavy atom. The predicted octanol–water partition coefficient (Wildman–Crippen LogP) is 4.59. The monoisotopic (exact) mass is 270 g/mol. The van der Waals surface area contributed by atoms with Crippen LogP contribution in [-0.2, 0) is 0 Å². The number of carbonyl (C=O) groups excluding carboxylic acids is 1. The minimum Gasteiger partial charge on any atom is -0.293 e. The van der Waals surface area contributed by atoms with Crippen molar-refractivity contribution in [2.75, 3.05) is 5.75 Å². The maximum atomic E-state index is 12.4. The van der Waals surface area contributed by atoms with Crippen LogP contribution >= 0.6 is 11.8 Å². The molecule has 0 aliphatic carbocycles. The molecule has 0 unspecified atom stereocenters. The molecule has 2 heteroatoms. The van der Waals surface area contributed by atoms with E-state index >= 15 is 0 Å².